The van der Waals surface area contributed by atoms with Gasteiger partial charge in [-0.05, 0) is 11.1 Å². The quantitative estimate of drug-likeness (QED) is 0.784. The molecule has 100 valence electrons. The molecule has 1 aromatic heterocycles. The fourth-order valence-electron chi connectivity index (χ4n) is 2.14. The molecule has 2 aromatic carbocycles. The van der Waals surface area contributed by atoms with E-state index in [0.29, 0.717) is 18.9 Å². The van der Waals surface area contributed by atoms with Gasteiger partial charge in [-0.3, -0.25) is 0 Å². The third-order valence-electron chi connectivity index (χ3n) is 3.19. The van der Waals surface area contributed by atoms with Gasteiger partial charge in [0, 0.05) is 18.5 Å². The van der Waals surface area contributed by atoms with Gasteiger partial charge in [0.25, 0.3) is 0 Å². The zero-order valence-electron chi connectivity index (χ0n) is 11.1. The predicted octanol–water partition coefficient (Wildman–Crippen LogP) is 3.51. The lowest BCUT2D eigenvalue weighted by atomic mass is 10.0. The molecule has 2 N–H and O–H groups in total. The molecular weight excluding hydrogens is 248 g/mol. The highest BCUT2D eigenvalue weighted by Crippen LogP contribution is 2.25. The molecule has 0 amide bonds. The van der Waals surface area contributed by atoms with Crippen LogP contribution in [-0.2, 0) is 6.42 Å². The average Bonchev–Trinajstić information content (AvgIpc) is 2.97. The van der Waals surface area contributed by atoms with Gasteiger partial charge in [-0.25, -0.2) is 4.98 Å². The van der Waals surface area contributed by atoms with Crippen molar-refractivity contribution in [2.45, 2.75) is 6.42 Å². The zero-order valence-corrected chi connectivity index (χ0v) is 11.1. The summed E-state index contributed by atoms with van der Waals surface area (Å²) in [5.41, 5.74) is 8.92. The first-order valence-corrected chi connectivity index (χ1v) is 6.67. The van der Waals surface area contributed by atoms with Crippen molar-refractivity contribution in [1.29, 1.82) is 0 Å². The van der Waals surface area contributed by atoms with Gasteiger partial charge in [-0.1, -0.05) is 54.6 Å². The molecule has 0 fully saturated rings. The highest BCUT2D eigenvalue weighted by atomic mass is 16.4. The van der Waals surface area contributed by atoms with E-state index in [4.69, 9.17) is 10.2 Å². The van der Waals surface area contributed by atoms with Crippen molar-refractivity contribution >= 4 is 0 Å². The highest BCUT2D eigenvalue weighted by Gasteiger charge is 2.06. The van der Waals surface area contributed by atoms with Crippen molar-refractivity contribution in [3.05, 3.63) is 66.7 Å². The summed E-state index contributed by atoms with van der Waals surface area (Å²) in [5.74, 6) is 1.47. The van der Waals surface area contributed by atoms with E-state index in [-0.39, 0.29) is 0 Å². The van der Waals surface area contributed by atoms with Crippen LogP contribution in [0.4, 0.5) is 0 Å². The summed E-state index contributed by atoms with van der Waals surface area (Å²) >= 11 is 0. The number of rotatable bonds is 4. The third kappa shape index (κ3) is 2.63. The summed E-state index contributed by atoms with van der Waals surface area (Å²) in [6.45, 7) is 0.549. The minimum atomic E-state index is 0.549. The molecule has 0 spiro atoms. The Morgan fingerprint density at radius 1 is 0.850 bits per heavy atom. The van der Waals surface area contributed by atoms with Crippen LogP contribution in [0.25, 0.3) is 22.5 Å². The topological polar surface area (TPSA) is 52.0 Å². The van der Waals surface area contributed by atoms with Gasteiger partial charge in [-0.15, -0.1) is 0 Å². The molecule has 1 heterocycles. The number of aromatic nitrogens is 1. The van der Waals surface area contributed by atoms with Gasteiger partial charge in [0.15, 0.2) is 11.7 Å². The summed E-state index contributed by atoms with van der Waals surface area (Å²) in [6.07, 6.45) is 2.42. The van der Waals surface area contributed by atoms with Crippen LogP contribution in [0.1, 0.15) is 5.89 Å². The Bertz CT molecular complexity index is 672. The van der Waals surface area contributed by atoms with Crippen LogP contribution in [0.15, 0.2) is 65.2 Å². The Kier molecular flexibility index (Phi) is 3.61. The molecule has 3 rings (SSSR count). The van der Waals surface area contributed by atoms with Crippen LogP contribution < -0.4 is 5.73 Å². The number of oxazole rings is 1. The number of nitrogens with zero attached hydrogens (tertiary/aromatic N) is 1. The minimum absolute atomic E-state index is 0.549. The molecule has 0 aliphatic carbocycles. The highest BCUT2D eigenvalue weighted by molar-refractivity contribution is 5.67. The van der Waals surface area contributed by atoms with Crippen LogP contribution >= 0.6 is 0 Å². The lowest BCUT2D eigenvalue weighted by Crippen LogP contribution is -2.02. The molecule has 0 aliphatic heterocycles. The molecule has 3 nitrogen and oxygen atoms in total. The number of hydrogen-bond acceptors (Lipinski definition) is 3. The Morgan fingerprint density at radius 2 is 1.50 bits per heavy atom. The molecule has 0 saturated carbocycles. The standard InChI is InChI=1S/C17H16N2O/c18-11-10-17-19-12-16(20-17)15-8-6-14(7-9-15)13-4-2-1-3-5-13/h1-9,12H,10-11,18H2. The second-order valence-electron chi connectivity index (χ2n) is 4.60. The second kappa shape index (κ2) is 5.72. The normalized spacial score (nSPS) is 10.7. The van der Waals surface area contributed by atoms with Crippen LogP contribution in [0.2, 0.25) is 0 Å². The summed E-state index contributed by atoms with van der Waals surface area (Å²) in [7, 11) is 0. The van der Waals surface area contributed by atoms with Crippen LogP contribution in [0, 0.1) is 0 Å². The van der Waals surface area contributed by atoms with Gasteiger partial charge in [-0.2, -0.15) is 0 Å². The van der Waals surface area contributed by atoms with E-state index in [0.717, 1.165) is 11.3 Å². The Hall–Kier alpha value is -2.39. The molecule has 0 aliphatic rings. The first-order valence-electron chi connectivity index (χ1n) is 6.67. The van der Waals surface area contributed by atoms with Gasteiger partial charge >= 0.3 is 0 Å². The summed E-state index contributed by atoms with van der Waals surface area (Å²) in [6, 6.07) is 18.6. The average molecular weight is 264 g/mol. The van der Waals surface area contributed by atoms with Crippen LogP contribution in [0.3, 0.4) is 0 Å². The summed E-state index contributed by atoms with van der Waals surface area (Å²) < 4.78 is 5.66. The van der Waals surface area contributed by atoms with E-state index in [1.165, 1.54) is 11.1 Å². The van der Waals surface area contributed by atoms with E-state index in [1.54, 1.807) is 6.20 Å². The molecule has 0 saturated heterocycles. The van der Waals surface area contributed by atoms with Gasteiger partial charge < -0.3 is 10.2 Å². The third-order valence-corrected chi connectivity index (χ3v) is 3.19. The molecular formula is C17H16N2O. The minimum Gasteiger partial charge on any atom is -0.441 e. The van der Waals surface area contributed by atoms with E-state index in [1.807, 2.05) is 18.2 Å². The zero-order chi connectivity index (χ0) is 13.8. The molecule has 0 unspecified atom stereocenters. The first-order chi connectivity index (χ1) is 9.86. The van der Waals surface area contributed by atoms with Crippen molar-refractivity contribution < 1.29 is 4.42 Å². The Balaban J connectivity index is 1.85. The van der Waals surface area contributed by atoms with E-state index in [9.17, 15) is 0 Å². The van der Waals surface area contributed by atoms with Gasteiger partial charge in [0.2, 0.25) is 0 Å². The lowest BCUT2D eigenvalue weighted by Gasteiger charge is -2.02. The Morgan fingerprint density at radius 3 is 2.20 bits per heavy atom. The maximum Gasteiger partial charge on any atom is 0.196 e. The monoisotopic (exact) mass is 264 g/mol. The number of nitrogens with two attached hydrogens (primary N) is 1. The van der Waals surface area contributed by atoms with Crippen molar-refractivity contribution in [3.63, 3.8) is 0 Å². The maximum atomic E-state index is 5.66. The molecule has 20 heavy (non-hydrogen) atoms. The Labute approximate surface area is 118 Å². The predicted molar refractivity (Wildman–Crippen MR) is 80.1 cm³/mol. The summed E-state index contributed by atoms with van der Waals surface area (Å²) in [4.78, 5) is 4.22. The molecule has 0 radical (unpaired) electrons. The van der Waals surface area contributed by atoms with Gasteiger partial charge in [0.05, 0.1) is 6.20 Å². The summed E-state index contributed by atoms with van der Waals surface area (Å²) in [5, 5.41) is 0. The van der Waals surface area contributed by atoms with E-state index >= 15 is 0 Å². The SMILES string of the molecule is NCCc1ncc(-c2ccc(-c3ccccc3)cc2)o1. The van der Waals surface area contributed by atoms with E-state index < -0.39 is 0 Å². The first kappa shape index (κ1) is 12.6. The van der Waals surface area contributed by atoms with Crippen molar-refractivity contribution in [2.75, 3.05) is 6.54 Å². The largest absolute Gasteiger partial charge is 0.441 e. The maximum absolute atomic E-state index is 5.66. The van der Waals surface area contributed by atoms with E-state index in [2.05, 4.69) is 41.4 Å². The second-order valence-corrected chi connectivity index (χ2v) is 4.60. The molecule has 3 aromatic rings. The van der Waals surface area contributed by atoms with Gasteiger partial charge in [0.1, 0.15) is 0 Å². The van der Waals surface area contributed by atoms with Crippen LogP contribution in [-0.4, -0.2) is 11.5 Å². The molecule has 3 heteroatoms. The lowest BCUT2D eigenvalue weighted by molar-refractivity contribution is 0.508. The molecule has 0 bridgehead atoms. The van der Waals surface area contributed by atoms with Crippen molar-refractivity contribution in [2.24, 2.45) is 5.73 Å². The molecule has 0 atom stereocenters. The van der Waals surface area contributed by atoms with Crippen LogP contribution in [0.5, 0.6) is 0 Å². The van der Waals surface area contributed by atoms with Crippen molar-refractivity contribution in [3.8, 4) is 22.5 Å². The fourth-order valence-corrected chi connectivity index (χ4v) is 2.14. The number of hydrogen-bond donors (Lipinski definition) is 1. The van der Waals surface area contributed by atoms with Crippen molar-refractivity contribution in [1.82, 2.24) is 4.98 Å². The number of benzene rings is 2. The fraction of sp³-hybridized carbons (Fsp3) is 0.118. The smallest absolute Gasteiger partial charge is 0.196 e.